The summed E-state index contributed by atoms with van der Waals surface area (Å²) in [6.07, 6.45) is 1.94. The minimum Gasteiger partial charge on any atom is -0.352 e. The van der Waals surface area contributed by atoms with Gasteiger partial charge >= 0.3 is 0 Å². The smallest absolute Gasteiger partial charge is 0.244 e. The maximum absolute atomic E-state index is 14.1. The molecule has 0 heterocycles. The highest BCUT2D eigenvalue weighted by Crippen LogP contribution is 2.34. The van der Waals surface area contributed by atoms with Crippen molar-refractivity contribution in [2.24, 2.45) is 0 Å². The van der Waals surface area contributed by atoms with Crippen LogP contribution in [0.1, 0.15) is 31.4 Å². The summed E-state index contributed by atoms with van der Waals surface area (Å²) in [7, 11) is -3.96. The molecule has 0 aliphatic carbocycles. The van der Waals surface area contributed by atoms with E-state index in [1.54, 1.807) is 6.07 Å². The molecule has 0 aliphatic heterocycles. The van der Waals surface area contributed by atoms with Crippen molar-refractivity contribution in [3.8, 4) is 0 Å². The summed E-state index contributed by atoms with van der Waals surface area (Å²) in [5.41, 5.74) is 1.72. The van der Waals surface area contributed by atoms with Crippen LogP contribution in [0.2, 0.25) is 10.0 Å². The fourth-order valence-electron chi connectivity index (χ4n) is 4.06. The lowest BCUT2D eigenvalue weighted by Crippen LogP contribution is -2.54. The van der Waals surface area contributed by atoms with Crippen LogP contribution >= 0.6 is 39.1 Å². The van der Waals surface area contributed by atoms with Gasteiger partial charge in [0.15, 0.2) is 0 Å². The number of nitrogens with zero attached hydrogens (tertiary/aromatic N) is 2. The third-order valence-corrected chi connectivity index (χ3v) is 8.88. The van der Waals surface area contributed by atoms with Crippen molar-refractivity contribution >= 4 is 66.7 Å². The largest absolute Gasteiger partial charge is 0.352 e. The van der Waals surface area contributed by atoms with E-state index in [0.717, 1.165) is 26.2 Å². The zero-order chi connectivity index (χ0) is 29.4. The van der Waals surface area contributed by atoms with Crippen LogP contribution in [0.5, 0.6) is 0 Å². The number of sulfonamides is 1. The van der Waals surface area contributed by atoms with Gasteiger partial charge in [0.2, 0.25) is 21.8 Å². The Kier molecular flexibility index (Phi) is 11.5. The molecule has 3 aromatic rings. The van der Waals surface area contributed by atoms with Gasteiger partial charge in [0.1, 0.15) is 12.6 Å². The fraction of sp³-hybridized carbons (Fsp3) is 0.310. The van der Waals surface area contributed by atoms with Crippen molar-refractivity contribution in [2.45, 2.75) is 45.3 Å². The molecule has 11 heteroatoms. The third kappa shape index (κ3) is 8.70. The third-order valence-electron chi connectivity index (χ3n) is 6.42. The lowest BCUT2D eigenvalue weighted by molar-refractivity contribution is -0.140. The van der Waals surface area contributed by atoms with E-state index >= 15 is 0 Å². The second-order valence-electron chi connectivity index (χ2n) is 9.51. The average molecular weight is 669 g/mol. The first-order valence-corrected chi connectivity index (χ1v) is 16.1. The topological polar surface area (TPSA) is 86.8 Å². The molecule has 0 saturated carbocycles. The van der Waals surface area contributed by atoms with Gasteiger partial charge in [-0.25, -0.2) is 8.42 Å². The molecule has 3 rings (SSSR count). The molecule has 3 aromatic carbocycles. The van der Waals surface area contributed by atoms with Crippen molar-refractivity contribution < 1.29 is 18.0 Å². The number of amides is 2. The van der Waals surface area contributed by atoms with E-state index in [9.17, 15) is 18.0 Å². The molecule has 0 aliphatic rings. The molecule has 0 radical (unpaired) electrons. The lowest BCUT2D eigenvalue weighted by Gasteiger charge is -2.34. The van der Waals surface area contributed by atoms with E-state index in [1.165, 1.54) is 17.0 Å². The SMILES string of the molecule is CC[C@@H](C)NC(=O)[C@H](Cc1ccccc1)N(Cc1ccc(Br)cc1)C(=O)CN(c1cccc(Cl)c1Cl)S(C)(=O)=O. The number of nitrogens with one attached hydrogen (secondary N) is 1. The fourth-order valence-corrected chi connectivity index (χ4v) is 5.63. The molecule has 0 saturated heterocycles. The van der Waals surface area contributed by atoms with E-state index in [0.29, 0.717) is 6.42 Å². The van der Waals surface area contributed by atoms with Gasteiger partial charge in [0.25, 0.3) is 0 Å². The summed E-state index contributed by atoms with van der Waals surface area (Å²) in [6.45, 7) is 3.36. The summed E-state index contributed by atoms with van der Waals surface area (Å²) in [5, 5.41) is 3.17. The molecule has 40 heavy (non-hydrogen) atoms. The molecule has 0 spiro atoms. The first-order valence-electron chi connectivity index (χ1n) is 12.7. The summed E-state index contributed by atoms with van der Waals surface area (Å²) >= 11 is 16.0. The zero-order valence-electron chi connectivity index (χ0n) is 22.5. The Balaban J connectivity index is 2.08. The second kappa shape index (κ2) is 14.3. The number of rotatable bonds is 12. The number of benzene rings is 3. The predicted octanol–water partition coefficient (Wildman–Crippen LogP) is 6.08. The van der Waals surface area contributed by atoms with Crippen LogP contribution in [0.15, 0.2) is 77.3 Å². The minimum absolute atomic E-state index is 0.0113. The van der Waals surface area contributed by atoms with Crippen LogP contribution in [0.25, 0.3) is 0 Å². The highest BCUT2D eigenvalue weighted by atomic mass is 79.9. The Morgan fingerprint density at radius 2 is 1.60 bits per heavy atom. The number of hydrogen-bond donors (Lipinski definition) is 1. The highest BCUT2D eigenvalue weighted by Gasteiger charge is 2.34. The van der Waals surface area contributed by atoms with Gasteiger partial charge in [-0.15, -0.1) is 0 Å². The maximum Gasteiger partial charge on any atom is 0.244 e. The molecular formula is C29H32BrCl2N3O4S. The number of carbonyl (C=O) groups excluding carboxylic acids is 2. The predicted molar refractivity (Wildman–Crippen MR) is 165 cm³/mol. The van der Waals surface area contributed by atoms with E-state index in [-0.39, 0.29) is 40.6 Å². The van der Waals surface area contributed by atoms with Gasteiger partial charge in [0, 0.05) is 23.5 Å². The van der Waals surface area contributed by atoms with Crippen molar-refractivity contribution in [1.82, 2.24) is 10.2 Å². The summed E-state index contributed by atoms with van der Waals surface area (Å²) in [6, 6.07) is 20.3. The van der Waals surface area contributed by atoms with Crippen LogP contribution in [-0.4, -0.2) is 50.0 Å². The van der Waals surface area contributed by atoms with Crippen LogP contribution in [-0.2, 0) is 32.6 Å². The maximum atomic E-state index is 14.1. The Hall–Kier alpha value is -2.59. The number of carbonyl (C=O) groups is 2. The van der Waals surface area contributed by atoms with Gasteiger partial charge in [-0.05, 0) is 48.7 Å². The van der Waals surface area contributed by atoms with Crippen LogP contribution in [0.4, 0.5) is 5.69 Å². The number of halogens is 3. The van der Waals surface area contributed by atoms with Crippen molar-refractivity contribution in [3.63, 3.8) is 0 Å². The molecule has 0 fully saturated rings. The van der Waals surface area contributed by atoms with Gasteiger partial charge in [0.05, 0.1) is 22.0 Å². The molecule has 2 atom stereocenters. The zero-order valence-corrected chi connectivity index (χ0v) is 26.4. The Morgan fingerprint density at radius 1 is 0.950 bits per heavy atom. The lowest BCUT2D eigenvalue weighted by atomic mass is 10.0. The van der Waals surface area contributed by atoms with Crippen molar-refractivity contribution in [3.05, 3.63) is 98.4 Å². The number of anilines is 1. The highest BCUT2D eigenvalue weighted by molar-refractivity contribution is 9.10. The Bertz CT molecular complexity index is 1420. The summed E-state index contributed by atoms with van der Waals surface area (Å²) < 4.78 is 27.6. The average Bonchev–Trinajstić information content (AvgIpc) is 2.91. The van der Waals surface area contributed by atoms with Crippen LogP contribution in [0.3, 0.4) is 0 Å². The van der Waals surface area contributed by atoms with Crippen molar-refractivity contribution in [2.75, 3.05) is 17.1 Å². The first kappa shape index (κ1) is 31.9. The molecular weight excluding hydrogens is 637 g/mol. The summed E-state index contributed by atoms with van der Waals surface area (Å²) in [4.78, 5) is 29.2. The van der Waals surface area contributed by atoms with Crippen LogP contribution in [0, 0.1) is 0 Å². The van der Waals surface area contributed by atoms with Gasteiger partial charge in [-0.1, -0.05) is 94.6 Å². The normalized spacial score (nSPS) is 12.8. The molecule has 0 aromatic heterocycles. The molecule has 7 nitrogen and oxygen atoms in total. The molecule has 2 amide bonds. The summed E-state index contributed by atoms with van der Waals surface area (Å²) in [5.74, 6) is -0.889. The van der Waals surface area contributed by atoms with E-state index in [2.05, 4.69) is 21.2 Å². The minimum atomic E-state index is -3.96. The van der Waals surface area contributed by atoms with E-state index in [1.807, 2.05) is 68.4 Å². The monoisotopic (exact) mass is 667 g/mol. The van der Waals surface area contributed by atoms with E-state index in [4.69, 9.17) is 23.2 Å². The molecule has 0 unspecified atom stereocenters. The second-order valence-corrected chi connectivity index (χ2v) is 13.1. The Morgan fingerprint density at radius 3 is 2.20 bits per heavy atom. The molecule has 214 valence electrons. The van der Waals surface area contributed by atoms with Crippen LogP contribution < -0.4 is 9.62 Å². The van der Waals surface area contributed by atoms with Crippen molar-refractivity contribution in [1.29, 1.82) is 0 Å². The standard InChI is InChI=1S/C29H32BrCl2N3O4S/c1-4-20(2)33-29(37)26(17-21-9-6-5-7-10-21)34(18-22-13-15-23(30)16-14-22)27(36)19-35(40(3,38)39)25-12-8-11-24(31)28(25)32/h5-16,20,26H,4,17-19H2,1-3H3,(H,33,37)/t20-,26+/m1/s1. The van der Waals surface area contributed by atoms with Gasteiger partial charge < -0.3 is 10.2 Å². The quantitative estimate of drug-likeness (QED) is 0.254. The van der Waals surface area contributed by atoms with Gasteiger partial charge in [-0.3, -0.25) is 13.9 Å². The Labute approximate surface area is 254 Å². The first-order chi connectivity index (χ1) is 18.9. The van der Waals surface area contributed by atoms with E-state index < -0.39 is 28.5 Å². The van der Waals surface area contributed by atoms with Gasteiger partial charge in [-0.2, -0.15) is 0 Å². The number of hydrogen-bond acceptors (Lipinski definition) is 4. The molecule has 0 bridgehead atoms. The molecule has 1 N–H and O–H groups in total.